The van der Waals surface area contributed by atoms with Gasteiger partial charge in [-0.05, 0) is 84.9 Å². The van der Waals surface area contributed by atoms with Crippen molar-refractivity contribution < 1.29 is 14.6 Å². The Morgan fingerprint density at radius 1 is 1.10 bits per heavy atom. The van der Waals surface area contributed by atoms with Gasteiger partial charge in [0.1, 0.15) is 5.75 Å². The number of fused-ring (bicyclic) bond motifs is 2. The Kier molecular flexibility index (Phi) is 5.58. The highest BCUT2D eigenvalue weighted by Crippen LogP contribution is 2.36. The van der Waals surface area contributed by atoms with E-state index in [1.165, 1.54) is 46.2 Å². The summed E-state index contributed by atoms with van der Waals surface area (Å²) in [5.41, 5.74) is 8.53. The van der Waals surface area contributed by atoms with Crippen molar-refractivity contribution >= 4 is 11.5 Å². The number of allylic oxidation sites excluding steroid dienone is 1. The number of hydrogen-bond acceptors (Lipinski definition) is 3. The van der Waals surface area contributed by atoms with E-state index in [2.05, 4.69) is 54.3 Å². The number of aryl methyl sites for hydroxylation is 2. The number of likely N-dealkylation sites (tertiary alicyclic amines) is 1. The van der Waals surface area contributed by atoms with Gasteiger partial charge in [0.15, 0.2) is 0 Å². The second-order valence-electron chi connectivity index (χ2n) is 9.35. The van der Waals surface area contributed by atoms with Crippen LogP contribution in [0.2, 0.25) is 0 Å². The van der Waals surface area contributed by atoms with Gasteiger partial charge in [0, 0.05) is 19.6 Å². The molecule has 162 valence electrons. The van der Waals surface area contributed by atoms with Gasteiger partial charge in [-0.1, -0.05) is 35.9 Å². The van der Waals surface area contributed by atoms with Gasteiger partial charge in [-0.3, -0.25) is 9.69 Å². The van der Waals surface area contributed by atoms with Crippen LogP contribution in [0.15, 0.2) is 48.0 Å². The molecular formula is C27H31NO3. The lowest BCUT2D eigenvalue weighted by Gasteiger charge is -2.38. The van der Waals surface area contributed by atoms with E-state index in [9.17, 15) is 4.79 Å². The third-order valence-electron chi connectivity index (χ3n) is 7.42. The quantitative estimate of drug-likeness (QED) is 0.695. The molecule has 1 fully saturated rings. The summed E-state index contributed by atoms with van der Waals surface area (Å²) in [5.74, 6) is 0.756. The smallest absolute Gasteiger partial charge is 0.309 e. The van der Waals surface area contributed by atoms with Crippen LogP contribution < -0.4 is 4.74 Å². The number of benzene rings is 2. The molecule has 5 rings (SSSR count). The van der Waals surface area contributed by atoms with Crippen molar-refractivity contribution in [2.75, 3.05) is 26.2 Å². The fourth-order valence-corrected chi connectivity index (χ4v) is 5.48. The maximum absolute atomic E-state index is 11.0. The number of ether oxygens (including phenoxy) is 1. The number of carboxylic acid groups (broad SMARTS) is 1. The molecule has 4 nitrogen and oxygen atoms in total. The van der Waals surface area contributed by atoms with Crippen molar-refractivity contribution in [1.82, 2.24) is 4.90 Å². The number of aliphatic carboxylic acids is 1. The van der Waals surface area contributed by atoms with Crippen LogP contribution in [0, 0.1) is 5.92 Å². The first kappa shape index (κ1) is 20.3. The molecule has 0 bridgehead atoms. The molecule has 2 aromatic carbocycles. The Balaban J connectivity index is 1.18. The van der Waals surface area contributed by atoms with E-state index in [1.54, 1.807) is 0 Å². The Morgan fingerprint density at radius 2 is 1.94 bits per heavy atom. The lowest BCUT2D eigenvalue weighted by atomic mass is 9.85. The van der Waals surface area contributed by atoms with Crippen LogP contribution >= 0.6 is 0 Å². The van der Waals surface area contributed by atoms with Gasteiger partial charge in [0.2, 0.25) is 0 Å². The van der Waals surface area contributed by atoms with Crippen LogP contribution in [0.25, 0.3) is 5.57 Å². The lowest BCUT2D eigenvalue weighted by Crippen LogP contribution is -2.50. The van der Waals surface area contributed by atoms with Crippen LogP contribution in [0.3, 0.4) is 0 Å². The third-order valence-corrected chi connectivity index (χ3v) is 7.42. The van der Waals surface area contributed by atoms with Gasteiger partial charge in [-0.2, -0.15) is 0 Å². The van der Waals surface area contributed by atoms with Gasteiger partial charge in [-0.15, -0.1) is 0 Å². The zero-order chi connectivity index (χ0) is 21.4. The van der Waals surface area contributed by atoms with Crippen LogP contribution in [-0.4, -0.2) is 42.2 Å². The molecule has 4 heteroatoms. The van der Waals surface area contributed by atoms with E-state index < -0.39 is 5.97 Å². The summed E-state index contributed by atoms with van der Waals surface area (Å²) in [7, 11) is 0. The molecule has 0 amide bonds. The maximum atomic E-state index is 11.0. The molecule has 0 radical (unpaired) electrons. The van der Waals surface area contributed by atoms with Crippen molar-refractivity contribution in [3.05, 3.63) is 70.3 Å². The number of rotatable bonds is 7. The molecule has 3 aliphatic rings. The summed E-state index contributed by atoms with van der Waals surface area (Å²) >= 11 is 0. The van der Waals surface area contributed by atoms with E-state index in [1.807, 2.05) is 0 Å². The SMILES string of the molecule is CC1=C(CN2CC(C(=O)O)C2)CCc2cc(OCCC3CCc4ccccc43)ccc21. The van der Waals surface area contributed by atoms with Crippen molar-refractivity contribution in [2.45, 2.75) is 44.9 Å². The fourth-order valence-electron chi connectivity index (χ4n) is 5.48. The topological polar surface area (TPSA) is 49.8 Å². The van der Waals surface area contributed by atoms with Crippen molar-refractivity contribution in [1.29, 1.82) is 0 Å². The Bertz CT molecular complexity index is 1020. The standard InChI is InChI=1S/C27H31NO3/c1-18-22(15-28-16-23(17-28)27(29)30)9-8-21-14-24(10-11-25(18)21)31-13-12-20-7-6-19-4-2-3-5-26(19)20/h2-5,10-11,14,20,23H,6-9,12-13,15-17H2,1H3,(H,29,30). The minimum Gasteiger partial charge on any atom is -0.494 e. The molecule has 1 heterocycles. The highest BCUT2D eigenvalue weighted by atomic mass is 16.5. The van der Waals surface area contributed by atoms with Crippen LogP contribution in [-0.2, 0) is 17.6 Å². The van der Waals surface area contributed by atoms with Crippen LogP contribution in [0.1, 0.15) is 54.4 Å². The second-order valence-corrected chi connectivity index (χ2v) is 9.35. The van der Waals surface area contributed by atoms with Gasteiger partial charge in [0.25, 0.3) is 0 Å². The Labute approximate surface area is 184 Å². The minimum absolute atomic E-state index is 0.186. The number of nitrogens with zero attached hydrogens (tertiary/aromatic N) is 1. The first-order valence-electron chi connectivity index (χ1n) is 11.6. The summed E-state index contributed by atoms with van der Waals surface area (Å²) in [4.78, 5) is 13.3. The molecule has 31 heavy (non-hydrogen) atoms. The van der Waals surface area contributed by atoms with Gasteiger partial charge < -0.3 is 9.84 Å². The molecule has 1 atom stereocenters. The summed E-state index contributed by atoms with van der Waals surface area (Å²) < 4.78 is 6.16. The average Bonchev–Trinajstić information content (AvgIpc) is 3.15. The molecular weight excluding hydrogens is 386 g/mol. The van der Waals surface area contributed by atoms with Crippen molar-refractivity contribution in [2.24, 2.45) is 5.92 Å². The van der Waals surface area contributed by atoms with Crippen LogP contribution in [0.4, 0.5) is 0 Å². The second kappa shape index (κ2) is 8.51. The van der Waals surface area contributed by atoms with Gasteiger partial charge >= 0.3 is 5.97 Å². The maximum Gasteiger partial charge on any atom is 0.309 e. The van der Waals surface area contributed by atoms with Crippen molar-refractivity contribution in [3.8, 4) is 5.75 Å². The van der Waals surface area contributed by atoms with Crippen LogP contribution in [0.5, 0.6) is 5.75 Å². The summed E-state index contributed by atoms with van der Waals surface area (Å²) in [6.45, 7) is 5.22. The van der Waals surface area contributed by atoms with Gasteiger partial charge in [0.05, 0.1) is 12.5 Å². The van der Waals surface area contributed by atoms with E-state index >= 15 is 0 Å². The molecule has 0 spiro atoms. The van der Waals surface area contributed by atoms with Crippen molar-refractivity contribution in [3.63, 3.8) is 0 Å². The number of carbonyl (C=O) groups is 1. The average molecular weight is 418 g/mol. The highest BCUT2D eigenvalue weighted by Gasteiger charge is 2.33. The molecule has 0 saturated carbocycles. The molecule has 1 unspecified atom stereocenters. The van der Waals surface area contributed by atoms with E-state index in [4.69, 9.17) is 9.84 Å². The fraction of sp³-hybridized carbons (Fsp3) is 0.444. The monoisotopic (exact) mass is 417 g/mol. The largest absolute Gasteiger partial charge is 0.494 e. The lowest BCUT2D eigenvalue weighted by molar-refractivity contribution is -0.147. The molecule has 2 aliphatic carbocycles. The van der Waals surface area contributed by atoms with E-state index in [0.717, 1.165) is 38.2 Å². The normalized spacial score (nSPS) is 20.9. The zero-order valence-electron chi connectivity index (χ0n) is 18.3. The summed E-state index contributed by atoms with van der Waals surface area (Å²) in [5, 5.41) is 9.08. The Morgan fingerprint density at radius 3 is 2.77 bits per heavy atom. The summed E-state index contributed by atoms with van der Waals surface area (Å²) in [6.07, 6.45) is 5.59. The predicted molar refractivity (Wildman–Crippen MR) is 123 cm³/mol. The van der Waals surface area contributed by atoms with Gasteiger partial charge in [-0.25, -0.2) is 0 Å². The van der Waals surface area contributed by atoms with E-state index in [-0.39, 0.29) is 5.92 Å². The van der Waals surface area contributed by atoms with E-state index in [0.29, 0.717) is 19.0 Å². The molecule has 0 aromatic heterocycles. The first-order valence-corrected chi connectivity index (χ1v) is 11.6. The highest BCUT2D eigenvalue weighted by molar-refractivity contribution is 5.73. The zero-order valence-corrected chi connectivity index (χ0v) is 18.3. The number of hydrogen-bond donors (Lipinski definition) is 1. The summed E-state index contributed by atoms with van der Waals surface area (Å²) in [6, 6.07) is 15.4. The third kappa shape index (κ3) is 4.14. The Hall–Kier alpha value is -2.59. The molecule has 1 aliphatic heterocycles. The molecule has 2 aromatic rings. The molecule has 1 N–H and O–H groups in total. The molecule has 1 saturated heterocycles. The minimum atomic E-state index is -0.666. The predicted octanol–water partition coefficient (Wildman–Crippen LogP) is 4.92. The number of carboxylic acids is 1. The first-order chi connectivity index (χ1) is 15.1.